The lowest BCUT2D eigenvalue weighted by molar-refractivity contribution is 0.315. The van der Waals surface area contributed by atoms with E-state index in [1.165, 1.54) is 0 Å². The van der Waals surface area contributed by atoms with E-state index >= 15 is 0 Å². The topological polar surface area (TPSA) is 371 Å². The Balaban J connectivity index is -0.000000395. The van der Waals surface area contributed by atoms with Crippen molar-refractivity contribution >= 4 is 45.6 Å². The monoisotopic (exact) mass is 599 g/mol. The Morgan fingerprint density at radius 2 is 0.594 bits per heavy atom. The zero-order valence-electron chi connectivity index (χ0n) is 16.7. The zero-order chi connectivity index (χ0) is 27.6. The summed E-state index contributed by atoms with van der Waals surface area (Å²) >= 11 is 0. The predicted octanol–water partition coefficient (Wildman–Crippen LogP) is -1.26. The largest absolute Gasteiger partial charge is 0.354 e. The van der Waals surface area contributed by atoms with Crippen LogP contribution >= 0.6 is 45.6 Å². The SMILES string of the molecule is CC(C)(P(=O)(O)O)P(=O)(O)O.CC(C)(P(=O)(O)O)P(=O)(O)O.NC(P(=O)(O)O)P(=O)(O)O. The van der Waals surface area contributed by atoms with Gasteiger partial charge in [-0.05, 0) is 27.7 Å². The molecule has 19 nitrogen and oxygen atoms in total. The maximum Gasteiger partial charge on any atom is 0.354 e. The van der Waals surface area contributed by atoms with Gasteiger partial charge in [0, 0.05) is 0 Å². The molecule has 0 bridgehead atoms. The highest BCUT2D eigenvalue weighted by Crippen LogP contribution is 2.69. The van der Waals surface area contributed by atoms with E-state index in [9.17, 15) is 27.4 Å². The lowest BCUT2D eigenvalue weighted by Crippen LogP contribution is -2.19. The number of nitrogens with two attached hydrogens (primary N) is 1. The first kappa shape index (κ1) is 37.4. The molecule has 0 heterocycles. The van der Waals surface area contributed by atoms with Crippen LogP contribution in [0.4, 0.5) is 0 Å². The van der Waals surface area contributed by atoms with Gasteiger partial charge in [0.1, 0.15) is 0 Å². The van der Waals surface area contributed by atoms with Crippen LogP contribution in [0.2, 0.25) is 0 Å². The third kappa shape index (κ3) is 11.5. The second kappa shape index (κ2) is 11.3. The molecule has 0 atom stereocenters. The average Bonchev–Trinajstić information content (AvgIpc) is 2.41. The van der Waals surface area contributed by atoms with Crippen LogP contribution in [-0.2, 0) is 27.4 Å². The summed E-state index contributed by atoms with van der Waals surface area (Å²) in [6.07, 6.45) is 0. The lowest BCUT2D eigenvalue weighted by Gasteiger charge is -2.25. The first-order valence-corrected chi connectivity index (χ1v) is 17.1. The Labute approximate surface area is 181 Å². The zero-order valence-corrected chi connectivity index (χ0v) is 22.0. The van der Waals surface area contributed by atoms with Crippen molar-refractivity contribution in [2.24, 2.45) is 5.73 Å². The van der Waals surface area contributed by atoms with Crippen LogP contribution in [0, 0.1) is 0 Å². The Bertz CT molecular complexity index is 782. The van der Waals surface area contributed by atoms with Gasteiger partial charge in [-0.15, -0.1) is 0 Å². The highest BCUT2D eigenvalue weighted by atomic mass is 31.2. The second-order valence-electron chi connectivity index (χ2n) is 6.76. The third-order valence-corrected chi connectivity index (χ3v) is 15.6. The molecule has 0 aromatic carbocycles. The molecule has 0 spiro atoms. The van der Waals surface area contributed by atoms with E-state index in [1.54, 1.807) is 0 Å². The van der Waals surface area contributed by atoms with E-state index in [-0.39, 0.29) is 0 Å². The molecule has 25 heteroatoms. The van der Waals surface area contributed by atoms with Gasteiger partial charge in [-0.1, -0.05) is 0 Å². The fourth-order valence-corrected chi connectivity index (χ4v) is 4.82. The molecule has 0 aliphatic carbocycles. The average molecular weight is 599 g/mol. The van der Waals surface area contributed by atoms with E-state index in [4.69, 9.17) is 58.7 Å². The normalized spacial score (nSPS) is 14.8. The van der Waals surface area contributed by atoms with Gasteiger partial charge in [-0.25, -0.2) is 0 Å². The predicted molar refractivity (Wildman–Crippen MR) is 108 cm³/mol. The van der Waals surface area contributed by atoms with Crippen LogP contribution in [0.25, 0.3) is 0 Å². The van der Waals surface area contributed by atoms with E-state index in [1.807, 2.05) is 0 Å². The minimum absolute atomic E-state index is 0.828. The lowest BCUT2D eigenvalue weighted by atomic mass is 10.5. The van der Waals surface area contributed by atoms with Crippen molar-refractivity contribution in [3.8, 4) is 0 Å². The maximum atomic E-state index is 10.5. The molecule has 0 fully saturated rings. The van der Waals surface area contributed by atoms with Gasteiger partial charge in [0.15, 0.2) is 9.79 Å². The Morgan fingerprint density at radius 3 is 0.594 bits per heavy atom. The van der Waals surface area contributed by atoms with Gasteiger partial charge >= 0.3 is 45.6 Å². The molecule has 14 N–H and O–H groups in total. The molecule has 0 aliphatic heterocycles. The Kier molecular flexibility index (Phi) is 13.2. The van der Waals surface area contributed by atoms with Crippen LogP contribution in [0.15, 0.2) is 0 Å². The van der Waals surface area contributed by atoms with Crippen molar-refractivity contribution in [3.05, 3.63) is 0 Å². The summed E-state index contributed by atoms with van der Waals surface area (Å²) in [7, 11) is -28.7. The van der Waals surface area contributed by atoms with E-state index in [2.05, 4.69) is 5.73 Å². The van der Waals surface area contributed by atoms with Crippen molar-refractivity contribution in [3.63, 3.8) is 0 Å². The van der Waals surface area contributed by atoms with Crippen LogP contribution in [0.5, 0.6) is 0 Å². The molecule has 0 amide bonds. The van der Waals surface area contributed by atoms with Crippen LogP contribution in [0.1, 0.15) is 27.7 Å². The molecular formula is C7H27NO18P6. The molecule has 0 saturated carbocycles. The van der Waals surface area contributed by atoms with Gasteiger partial charge in [0.2, 0.25) is 5.52 Å². The summed E-state index contributed by atoms with van der Waals surface area (Å²) in [4.78, 5) is 95.9. The van der Waals surface area contributed by atoms with E-state index in [0.717, 1.165) is 27.7 Å². The van der Waals surface area contributed by atoms with Crippen molar-refractivity contribution in [1.82, 2.24) is 0 Å². The van der Waals surface area contributed by atoms with Crippen molar-refractivity contribution in [2.75, 3.05) is 0 Å². The summed E-state index contributed by atoms with van der Waals surface area (Å²) in [5.41, 5.74) is 2.10. The van der Waals surface area contributed by atoms with Gasteiger partial charge < -0.3 is 64.5 Å². The second-order valence-corrected chi connectivity index (χ2v) is 20.2. The molecule has 32 heavy (non-hydrogen) atoms. The van der Waals surface area contributed by atoms with Crippen molar-refractivity contribution < 1.29 is 86.1 Å². The quantitative estimate of drug-likeness (QED) is 0.158. The van der Waals surface area contributed by atoms with Crippen LogP contribution in [-0.4, -0.2) is 74.0 Å². The molecule has 0 aliphatic rings. The summed E-state index contributed by atoms with van der Waals surface area (Å²) in [5.74, 6) is 0. The van der Waals surface area contributed by atoms with Gasteiger partial charge in [-0.2, -0.15) is 0 Å². The minimum atomic E-state index is -4.86. The highest BCUT2D eigenvalue weighted by Gasteiger charge is 2.52. The molecule has 198 valence electrons. The fourth-order valence-electron chi connectivity index (χ4n) is 0.535. The first-order valence-electron chi connectivity index (χ1n) is 7.24. The number of hydrogen-bond donors (Lipinski definition) is 13. The summed E-state index contributed by atoms with van der Waals surface area (Å²) in [6.45, 7) is 3.31. The third-order valence-electron chi connectivity index (χ3n) is 3.54. The van der Waals surface area contributed by atoms with Crippen molar-refractivity contribution in [2.45, 2.75) is 43.0 Å². The van der Waals surface area contributed by atoms with Gasteiger partial charge in [0.25, 0.3) is 0 Å². The molecule has 0 saturated heterocycles. The van der Waals surface area contributed by atoms with E-state index in [0.29, 0.717) is 0 Å². The highest BCUT2D eigenvalue weighted by molar-refractivity contribution is 7.73. The molecule has 0 unspecified atom stereocenters. The molecule has 0 aromatic rings. The molecular weight excluding hydrogens is 572 g/mol. The van der Waals surface area contributed by atoms with Gasteiger partial charge in [-0.3, -0.25) is 27.4 Å². The minimum Gasteiger partial charge on any atom is -0.324 e. The fraction of sp³-hybridized carbons (Fsp3) is 1.00. The molecule has 0 aromatic heterocycles. The van der Waals surface area contributed by atoms with Crippen LogP contribution in [0.3, 0.4) is 0 Å². The maximum absolute atomic E-state index is 10.5. The van der Waals surface area contributed by atoms with Crippen LogP contribution < -0.4 is 5.73 Å². The summed E-state index contributed by atoms with van der Waals surface area (Å²) in [6, 6.07) is 0. The molecule has 0 rings (SSSR count). The molecule has 0 radical (unpaired) electrons. The van der Waals surface area contributed by atoms with Crippen molar-refractivity contribution in [1.29, 1.82) is 0 Å². The smallest absolute Gasteiger partial charge is 0.324 e. The standard InChI is InChI=1S/2C3H10O6P2.CH7NO6P2/c2*1-3(2,10(4,5)6)11(7,8)9;2-1(9(3,4)5)10(6,7)8/h2*1-2H3,(H2,4,5,6)(H2,7,8,9);1H,2H2,(H2,3,4,5)(H2,6,7,8). The van der Waals surface area contributed by atoms with E-state index < -0.39 is 60.9 Å². The number of hydrogen-bond acceptors (Lipinski definition) is 7. The first-order chi connectivity index (χ1) is 13.2. The summed E-state index contributed by atoms with van der Waals surface area (Å²) in [5, 5.41) is 0. The van der Waals surface area contributed by atoms with Gasteiger partial charge in [0.05, 0.1) is 0 Å². The Morgan fingerprint density at radius 1 is 0.469 bits per heavy atom. The summed E-state index contributed by atoms with van der Waals surface area (Å²) < 4.78 is 62.1. The number of rotatable bonds is 6. The Hall–Kier alpha value is 0.860.